The van der Waals surface area contributed by atoms with Crippen LogP contribution in [0.25, 0.3) is 0 Å². The molecular weight excluding hydrogens is 294 g/mol. The van der Waals surface area contributed by atoms with Gasteiger partial charge in [0.25, 0.3) is 0 Å². The first-order chi connectivity index (χ1) is 11.1. The number of likely N-dealkylation sites (N-methyl/N-ethyl adjacent to an activating group) is 1. The van der Waals surface area contributed by atoms with E-state index in [-0.39, 0.29) is 0 Å². The smallest absolute Gasteiger partial charge is 0.335 e. The van der Waals surface area contributed by atoms with E-state index >= 15 is 0 Å². The highest BCUT2D eigenvalue weighted by Gasteiger charge is 2.06. The van der Waals surface area contributed by atoms with Crippen molar-refractivity contribution in [2.75, 3.05) is 27.3 Å². The fourth-order valence-electron chi connectivity index (χ4n) is 2.19. The van der Waals surface area contributed by atoms with Crippen LogP contribution in [0.2, 0.25) is 0 Å². The Morgan fingerprint density at radius 2 is 1.74 bits per heavy atom. The van der Waals surface area contributed by atoms with Gasteiger partial charge in [0.05, 0.1) is 12.7 Å². The van der Waals surface area contributed by atoms with Crippen LogP contribution in [0.5, 0.6) is 11.5 Å². The standard InChI is InChI=1S/C18H21NO4/c1-19(13-14-7-9-15(10-8-14)18(20)21)11-12-23-17-6-4-3-5-16(17)22-2/h3-10H,11-13H2,1-2H3,(H,20,21). The SMILES string of the molecule is COc1ccccc1OCCN(C)Cc1ccc(C(=O)O)cc1. The fourth-order valence-corrected chi connectivity index (χ4v) is 2.19. The Morgan fingerprint density at radius 1 is 1.09 bits per heavy atom. The molecule has 0 saturated carbocycles. The first-order valence-electron chi connectivity index (χ1n) is 7.36. The van der Waals surface area contributed by atoms with E-state index in [1.54, 1.807) is 19.2 Å². The highest BCUT2D eigenvalue weighted by atomic mass is 16.5. The number of nitrogens with zero attached hydrogens (tertiary/aromatic N) is 1. The van der Waals surface area contributed by atoms with Crippen molar-refractivity contribution in [3.8, 4) is 11.5 Å². The minimum atomic E-state index is -0.907. The maximum atomic E-state index is 10.8. The van der Waals surface area contributed by atoms with Crippen LogP contribution in [0.15, 0.2) is 48.5 Å². The highest BCUT2D eigenvalue weighted by Crippen LogP contribution is 2.25. The molecule has 2 aromatic carbocycles. The van der Waals surface area contributed by atoms with Crippen molar-refractivity contribution >= 4 is 5.97 Å². The van der Waals surface area contributed by atoms with Gasteiger partial charge in [-0.15, -0.1) is 0 Å². The van der Waals surface area contributed by atoms with Gasteiger partial charge >= 0.3 is 5.97 Å². The molecule has 0 amide bonds. The average Bonchev–Trinajstić information content (AvgIpc) is 2.55. The first kappa shape index (κ1) is 16.8. The van der Waals surface area contributed by atoms with E-state index in [2.05, 4.69) is 4.90 Å². The van der Waals surface area contributed by atoms with Gasteiger partial charge in [-0.05, 0) is 36.9 Å². The predicted octanol–water partition coefficient (Wildman–Crippen LogP) is 2.90. The Kier molecular flexibility index (Phi) is 6.00. The summed E-state index contributed by atoms with van der Waals surface area (Å²) in [4.78, 5) is 12.9. The van der Waals surface area contributed by atoms with Crippen LogP contribution in [0.3, 0.4) is 0 Å². The molecule has 5 nitrogen and oxygen atoms in total. The van der Waals surface area contributed by atoms with Gasteiger partial charge in [-0.1, -0.05) is 24.3 Å². The van der Waals surface area contributed by atoms with Crippen LogP contribution in [-0.2, 0) is 6.54 Å². The zero-order valence-corrected chi connectivity index (χ0v) is 13.4. The number of ether oxygens (including phenoxy) is 2. The third-order valence-corrected chi connectivity index (χ3v) is 3.45. The number of aromatic carboxylic acids is 1. The maximum absolute atomic E-state index is 10.8. The lowest BCUT2D eigenvalue weighted by molar-refractivity contribution is 0.0697. The minimum absolute atomic E-state index is 0.302. The summed E-state index contributed by atoms with van der Waals surface area (Å²) < 4.78 is 11.0. The van der Waals surface area contributed by atoms with E-state index in [1.165, 1.54) is 0 Å². The van der Waals surface area contributed by atoms with Crippen LogP contribution < -0.4 is 9.47 Å². The minimum Gasteiger partial charge on any atom is -0.493 e. The number of benzene rings is 2. The van der Waals surface area contributed by atoms with E-state index in [9.17, 15) is 4.79 Å². The molecule has 1 N–H and O–H groups in total. The van der Waals surface area contributed by atoms with Crippen molar-refractivity contribution in [2.24, 2.45) is 0 Å². The molecule has 0 bridgehead atoms. The van der Waals surface area contributed by atoms with Crippen molar-refractivity contribution in [2.45, 2.75) is 6.54 Å². The average molecular weight is 315 g/mol. The summed E-state index contributed by atoms with van der Waals surface area (Å²) in [5.74, 6) is 0.545. The molecule has 0 aliphatic heterocycles. The van der Waals surface area contributed by atoms with Gasteiger partial charge in [0, 0.05) is 13.1 Å². The van der Waals surface area contributed by atoms with Gasteiger partial charge in [0.2, 0.25) is 0 Å². The van der Waals surface area contributed by atoms with Crippen molar-refractivity contribution in [1.29, 1.82) is 0 Å². The van der Waals surface area contributed by atoms with E-state index in [1.807, 2.05) is 43.4 Å². The number of methoxy groups -OCH3 is 1. The third kappa shape index (κ3) is 5.00. The fraction of sp³-hybridized carbons (Fsp3) is 0.278. The van der Waals surface area contributed by atoms with Crippen molar-refractivity contribution in [3.05, 3.63) is 59.7 Å². The summed E-state index contributed by atoms with van der Waals surface area (Å²) in [6, 6.07) is 14.5. The van der Waals surface area contributed by atoms with Crippen LogP contribution >= 0.6 is 0 Å². The molecule has 2 rings (SSSR count). The molecule has 0 fully saturated rings. The molecule has 23 heavy (non-hydrogen) atoms. The number of carboxylic acid groups (broad SMARTS) is 1. The van der Waals surface area contributed by atoms with E-state index in [0.29, 0.717) is 12.2 Å². The quantitative estimate of drug-likeness (QED) is 0.811. The normalized spacial score (nSPS) is 10.6. The maximum Gasteiger partial charge on any atom is 0.335 e. The van der Waals surface area contributed by atoms with Crippen molar-refractivity contribution < 1.29 is 19.4 Å². The van der Waals surface area contributed by atoms with E-state index < -0.39 is 5.97 Å². The lowest BCUT2D eigenvalue weighted by atomic mass is 10.1. The molecule has 0 aliphatic rings. The summed E-state index contributed by atoms with van der Waals surface area (Å²) in [5, 5.41) is 8.89. The molecule has 0 aromatic heterocycles. The lowest BCUT2D eigenvalue weighted by Crippen LogP contribution is -2.24. The summed E-state index contributed by atoms with van der Waals surface area (Å²) in [6.45, 7) is 2.03. The zero-order valence-electron chi connectivity index (χ0n) is 13.4. The summed E-state index contributed by atoms with van der Waals surface area (Å²) >= 11 is 0. The molecule has 0 aliphatic carbocycles. The van der Waals surface area contributed by atoms with Crippen molar-refractivity contribution in [1.82, 2.24) is 4.90 Å². The second-order valence-corrected chi connectivity index (χ2v) is 5.24. The molecule has 5 heteroatoms. The number of hydrogen-bond donors (Lipinski definition) is 1. The molecular formula is C18H21NO4. The van der Waals surface area contributed by atoms with Gasteiger partial charge in [0.1, 0.15) is 6.61 Å². The molecule has 0 heterocycles. The number of carboxylic acids is 1. The number of rotatable bonds is 8. The van der Waals surface area contributed by atoms with Crippen LogP contribution in [-0.4, -0.2) is 43.3 Å². The second kappa shape index (κ2) is 8.19. The van der Waals surface area contributed by atoms with Gasteiger partial charge in [0.15, 0.2) is 11.5 Å². The lowest BCUT2D eigenvalue weighted by Gasteiger charge is -2.18. The zero-order chi connectivity index (χ0) is 16.7. The van der Waals surface area contributed by atoms with Gasteiger partial charge in [-0.25, -0.2) is 4.79 Å². The van der Waals surface area contributed by atoms with E-state index in [4.69, 9.17) is 14.6 Å². The summed E-state index contributed by atoms with van der Waals surface area (Å²) in [5.41, 5.74) is 1.37. The first-order valence-corrected chi connectivity index (χ1v) is 7.36. The summed E-state index contributed by atoms with van der Waals surface area (Å²) in [7, 11) is 3.62. The van der Waals surface area contributed by atoms with Crippen LogP contribution in [0.4, 0.5) is 0 Å². The highest BCUT2D eigenvalue weighted by molar-refractivity contribution is 5.87. The van der Waals surface area contributed by atoms with Crippen LogP contribution in [0, 0.1) is 0 Å². The van der Waals surface area contributed by atoms with Gasteiger partial charge in [-0.2, -0.15) is 0 Å². The molecule has 2 aromatic rings. The Bertz CT molecular complexity index is 640. The Morgan fingerprint density at radius 3 is 2.35 bits per heavy atom. The van der Waals surface area contributed by atoms with Gasteiger partial charge in [-0.3, -0.25) is 4.90 Å². The second-order valence-electron chi connectivity index (χ2n) is 5.24. The number of carbonyl (C=O) groups is 1. The monoisotopic (exact) mass is 315 g/mol. The molecule has 0 radical (unpaired) electrons. The Labute approximate surface area is 136 Å². The number of hydrogen-bond acceptors (Lipinski definition) is 4. The molecule has 0 atom stereocenters. The largest absolute Gasteiger partial charge is 0.493 e. The number of para-hydroxylation sites is 2. The molecule has 0 spiro atoms. The van der Waals surface area contributed by atoms with E-state index in [0.717, 1.165) is 30.2 Å². The summed E-state index contributed by atoms with van der Waals surface area (Å²) in [6.07, 6.45) is 0. The molecule has 0 unspecified atom stereocenters. The Hall–Kier alpha value is -2.53. The molecule has 0 saturated heterocycles. The molecule has 122 valence electrons. The topological polar surface area (TPSA) is 59.0 Å². The van der Waals surface area contributed by atoms with Gasteiger partial charge < -0.3 is 14.6 Å². The third-order valence-electron chi connectivity index (χ3n) is 3.45. The Balaban J connectivity index is 1.80. The van der Waals surface area contributed by atoms with Crippen molar-refractivity contribution in [3.63, 3.8) is 0 Å². The predicted molar refractivity (Wildman–Crippen MR) is 88.2 cm³/mol. The van der Waals surface area contributed by atoms with Crippen LogP contribution in [0.1, 0.15) is 15.9 Å².